The third-order valence-corrected chi connectivity index (χ3v) is 10.5. The fraction of sp³-hybridized carbons (Fsp3) is 0.481. The van der Waals surface area contributed by atoms with Gasteiger partial charge in [0.2, 0.25) is 5.91 Å². The van der Waals surface area contributed by atoms with Crippen molar-refractivity contribution in [1.29, 1.82) is 0 Å². The molecule has 5 atom stereocenters. The SMILES string of the molecule is COC[C@H](C)NC(=O)CC1(O)C2CC[C@@H]1CC(S(=O)(=O)c1cc(C(=O)Nc3cc(F)c(F)c(F)c3)ccc1Cl)C2. The molecule has 13 heteroatoms. The number of carbonyl (C=O) groups excluding carboxylic acids is 2. The molecule has 2 aliphatic rings. The average Bonchev–Trinajstić information content (AvgIpc) is 3.03. The lowest BCUT2D eigenvalue weighted by Gasteiger charge is -2.42. The number of rotatable bonds is 9. The zero-order valence-electron chi connectivity index (χ0n) is 21.8. The van der Waals surface area contributed by atoms with Gasteiger partial charge in [0.25, 0.3) is 5.91 Å². The van der Waals surface area contributed by atoms with Crippen molar-refractivity contribution in [3.8, 4) is 0 Å². The second-order valence-electron chi connectivity index (χ2n) is 10.6. The molecule has 2 fully saturated rings. The van der Waals surface area contributed by atoms with E-state index in [0.29, 0.717) is 31.6 Å². The van der Waals surface area contributed by atoms with Crippen molar-refractivity contribution in [2.24, 2.45) is 11.8 Å². The Kier molecular flexibility index (Phi) is 8.84. The number of methoxy groups -OCH3 is 1. The van der Waals surface area contributed by atoms with Crippen LogP contribution in [0.25, 0.3) is 0 Å². The summed E-state index contributed by atoms with van der Waals surface area (Å²) < 4.78 is 72.8. The first-order valence-electron chi connectivity index (χ1n) is 12.8. The molecular formula is C27H30ClF3N2O6S. The van der Waals surface area contributed by atoms with Gasteiger partial charge in [0.15, 0.2) is 27.3 Å². The van der Waals surface area contributed by atoms with Crippen LogP contribution in [0.3, 0.4) is 0 Å². The molecule has 218 valence electrons. The summed E-state index contributed by atoms with van der Waals surface area (Å²) in [5.41, 5.74) is -1.84. The zero-order valence-corrected chi connectivity index (χ0v) is 23.4. The molecule has 3 unspecified atom stereocenters. The molecule has 3 N–H and O–H groups in total. The molecule has 2 bridgehead atoms. The first-order chi connectivity index (χ1) is 18.8. The molecule has 2 aromatic carbocycles. The second-order valence-corrected chi connectivity index (χ2v) is 13.2. The molecule has 2 aliphatic carbocycles. The van der Waals surface area contributed by atoms with E-state index in [2.05, 4.69) is 10.6 Å². The predicted octanol–water partition coefficient (Wildman–Crippen LogP) is 4.24. The molecular weight excluding hydrogens is 573 g/mol. The van der Waals surface area contributed by atoms with E-state index >= 15 is 0 Å². The van der Waals surface area contributed by atoms with E-state index < -0.39 is 55.9 Å². The van der Waals surface area contributed by atoms with Crippen molar-refractivity contribution in [3.63, 3.8) is 0 Å². The summed E-state index contributed by atoms with van der Waals surface area (Å²) in [6.07, 6.45) is 1.20. The Balaban J connectivity index is 1.51. The maximum Gasteiger partial charge on any atom is 0.255 e. The molecule has 0 spiro atoms. The number of amides is 2. The van der Waals surface area contributed by atoms with Gasteiger partial charge in [-0.25, -0.2) is 21.6 Å². The molecule has 4 rings (SSSR count). The van der Waals surface area contributed by atoms with Crippen LogP contribution in [0.15, 0.2) is 35.2 Å². The lowest BCUT2D eigenvalue weighted by molar-refractivity contribution is -0.133. The highest BCUT2D eigenvalue weighted by molar-refractivity contribution is 7.92. The highest BCUT2D eigenvalue weighted by Gasteiger charge is 2.56. The van der Waals surface area contributed by atoms with Crippen LogP contribution in [-0.4, -0.2) is 55.9 Å². The van der Waals surface area contributed by atoms with Crippen LogP contribution in [0, 0.1) is 29.3 Å². The quantitative estimate of drug-likeness (QED) is 0.369. The van der Waals surface area contributed by atoms with Crippen molar-refractivity contribution < 1.29 is 41.0 Å². The topological polar surface area (TPSA) is 122 Å². The number of fused-ring (bicyclic) bond motifs is 2. The minimum absolute atomic E-state index is 0.108. The average molecular weight is 603 g/mol. The highest BCUT2D eigenvalue weighted by atomic mass is 35.5. The van der Waals surface area contributed by atoms with Gasteiger partial charge < -0.3 is 20.5 Å². The van der Waals surface area contributed by atoms with Gasteiger partial charge in [-0.05, 0) is 62.6 Å². The summed E-state index contributed by atoms with van der Waals surface area (Å²) in [4.78, 5) is 25.0. The van der Waals surface area contributed by atoms with E-state index in [1.165, 1.54) is 19.2 Å². The van der Waals surface area contributed by atoms with Crippen molar-refractivity contribution >= 4 is 38.9 Å². The Morgan fingerprint density at radius 3 is 2.30 bits per heavy atom. The highest BCUT2D eigenvalue weighted by Crippen LogP contribution is 2.53. The first-order valence-corrected chi connectivity index (χ1v) is 14.7. The van der Waals surface area contributed by atoms with Crippen molar-refractivity contribution in [2.45, 2.75) is 60.8 Å². The number of halogens is 4. The summed E-state index contributed by atoms with van der Waals surface area (Å²) in [6.45, 7) is 2.09. The van der Waals surface area contributed by atoms with Crippen molar-refractivity contribution in [2.75, 3.05) is 19.0 Å². The number of ether oxygens (including phenoxy) is 1. The number of hydrogen-bond acceptors (Lipinski definition) is 6. The molecule has 40 heavy (non-hydrogen) atoms. The number of aliphatic hydroxyl groups is 1. The van der Waals surface area contributed by atoms with Crippen LogP contribution in [0.5, 0.6) is 0 Å². The van der Waals surface area contributed by atoms with E-state index in [9.17, 15) is 36.3 Å². The summed E-state index contributed by atoms with van der Waals surface area (Å²) in [5, 5.41) is 15.4. The number of sulfone groups is 1. The molecule has 0 aromatic heterocycles. The van der Waals surface area contributed by atoms with Crippen LogP contribution in [-0.2, 0) is 19.4 Å². The third kappa shape index (κ3) is 6.00. The lowest BCUT2D eigenvalue weighted by Crippen LogP contribution is -2.51. The number of carbonyl (C=O) groups is 2. The van der Waals surface area contributed by atoms with Crippen molar-refractivity contribution in [1.82, 2.24) is 5.32 Å². The number of anilines is 1. The Hall–Kier alpha value is -2.67. The van der Waals surface area contributed by atoms with Gasteiger partial charge in [-0.3, -0.25) is 9.59 Å². The van der Waals surface area contributed by atoms with Gasteiger partial charge in [-0.1, -0.05) is 11.6 Å². The first kappa shape index (κ1) is 30.3. The Bertz CT molecular complexity index is 1390. The largest absolute Gasteiger partial charge is 0.389 e. The van der Waals surface area contributed by atoms with Gasteiger partial charge in [-0.2, -0.15) is 0 Å². The second kappa shape index (κ2) is 11.7. The fourth-order valence-electron chi connectivity index (χ4n) is 5.90. The van der Waals surface area contributed by atoms with Gasteiger partial charge in [-0.15, -0.1) is 0 Å². The van der Waals surface area contributed by atoms with Crippen LogP contribution in [0.1, 0.15) is 49.4 Å². The Morgan fingerprint density at radius 1 is 1.12 bits per heavy atom. The van der Waals surface area contributed by atoms with Gasteiger partial charge in [0.1, 0.15) is 0 Å². The van der Waals surface area contributed by atoms with Gasteiger partial charge >= 0.3 is 0 Å². The Morgan fingerprint density at radius 2 is 1.73 bits per heavy atom. The summed E-state index contributed by atoms with van der Waals surface area (Å²) in [5.74, 6) is -6.76. The number of nitrogens with one attached hydrogen (secondary N) is 2. The normalized spacial score (nSPS) is 24.9. The maximum absolute atomic E-state index is 13.7. The van der Waals surface area contributed by atoms with E-state index in [1.807, 2.05) is 0 Å². The molecule has 0 saturated heterocycles. The molecule has 0 radical (unpaired) electrons. The summed E-state index contributed by atoms with van der Waals surface area (Å²) in [7, 11) is -2.57. The van der Waals surface area contributed by atoms with Gasteiger partial charge in [0.05, 0.1) is 33.8 Å². The molecule has 2 amide bonds. The zero-order chi connectivity index (χ0) is 29.4. The van der Waals surface area contributed by atoms with Crippen LogP contribution in [0.2, 0.25) is 5.02 Å². The van der Waals surface area contributed by atoms with E-state index in [1.54, 1.807) is 6.92 Å². The summed E-state index contributed by atoms with van der Waals surface area (Å²) in [6, 6.07) is 4.51. The van der Waals surface area contributed by atoms with Crippen LogP contribution < -0.4 is 10.6 Å². The lowest BCUT2D eigenvalue weighted by atomic mass is 9.72. The van der Waals surface area contributed by atoms with Crippen LogP contribution >= 0.6 is 11.6 Å². The molecule has 8 nitrogen and oxygen atoms in total. The standard InChI is InChI=1S/C27H30ClF3N2O6S/c1-14(13-39-2)32-24(34)12-27(36)16-4-5-17(27)9-19(8-16)40(37,38)23-7-15(3-6-20(23)28)26(35)33-18-10-21(29)25(31)22(30)11-18/h3,6-7,10-11,14,16-17,19,36H,4-5,8-9,12-13H2,1-2H3,(H,32,34)(H,33,35)/t14-,16+,17?,19?,27?/m0/s1. The minimum Gasteiger partial charge on any atom is -0.389 e. The van der Waals surface area contributed by atoms with E-state index in [-0.39, 0.29) is 52.4 Å². The molecule has 2 saturated carbocycles. The maximum atomic E-state index is 13.7. The number of hydrogen-bond donors (Lipinski definition) is 3. The third-order valence-electron chi connectivity index (χ3n) is 7.82. The molecule has 0 aliphatic heterocycles. The van der Waals surface area contributed by atoms with E-state index in [0.717, 1.165) is 6.07 Å². The van der Waals surface area contributed by atoms with E-state index in [4.69, 9.17) is 16.3 Å². The molecule has 2 aromatic rings. The smallest absolute Gasteiger partial charge is 0.255 e. The predicted molar refractivity (Wildman–Crippen MR) is 141 cm³/mol. The molecule has 0 heterocycles. The minimum atomic E-state index is -4.08. The monoisotopic (exact) mass is 602 g/mol. The fourth-order valence-corrected chi connectivity index (χ4v) is 8.30. The number of benzene rings is 2. The summed E-state index contributed by atoms with van der Waals surface area (Å²) >= 11 is 6.25. The van der Waals surface area contributed by atoms with Crippen molar-refractivity contribution in [3.05, 3.63) is 58.4 Å². The van der Waals surface area contributed by atoms with Crippen LogP contribution in [0.4, 0.5) is 18.9 Å². The van der Waals surface area contributed by atoms with Gasteiger partial charge in [0, 0.05) is 36.5 Å². The Labute approximate surface area is 235 Å².